The largest absolute Gasteiger partial charge is 0.459 e. The van der Waals surface area contributed by atoms with Crippen LogP contribution in [0.5, 0.6) is 0 Å². The zero-order chi connectivity index (χ0) is 15.5. The summed E-state index contributed by atoms with van der Waals surface area (Å²) in [6, 6.07) is 8.22. The van der Waals surface area contributed by atoms with Crippen LogP contribution in [-0.4, -0.2) is 42.3 Å². The van der Waals surface area contributed by atoms with E-state index in [0.29, 0.717) is 6.54 Å². The Labute approximate surface area is 132 Å². The van der Waals surface area contributed by atoms with Gasteiger partial charge in [0.15, 0.2) is 0 Å². The van der Waals surface area contributed by atoms with Crippen LogP contribution < -0.4 is 5.32 Å². The number of aryl methyl sites for hydroxylation is 1. The van der Waals surface area contributed by atoms with Crippen LogP contribution in [0.15, 0.2) is 28.7 Å². The van der Waals surface area contributed by atoms with Crippen LogP contribution in [0.3, 0.4) is 0 Å². The highest BCUT2D eigenvalue weighted by molar-refractivity contribution is 5.82. The molecule has 1 aliphatic rings. The van der Waals surface area contributed by atoms with E-state index in [-0.39, 0.29) is 12.1 Å². The van der Waals surface area contributed by atoms with Gasteiger partial charge in [-0.15, -0.1) is 0 Å². The Balaban J connectivity index is 1.58. The summed E-state index contributed by atoms with van der Waals surface area (Å²) in [5, 5.41) is 14.8. The Morgan fingerprint density at radius 2 is 2.00 bits per heavy atom. The second-order valence-electron chi connectivity index (χ2n) is 6.38. The van der Waals surface area contributed by atoms with E-state index in [1.165, 1.54) is 23.8 Å². The molecule has 4 heteroatoms. The third-order valence-electron chi connectivity index (χ3n) is 4.60. The first-order valence-electron chi connectivity index (χ1n) is 8.27. The number of para-hydroxylation sites is 1. The highest BCUT2D eigenvalue weighted by Crippen LogP contribution is 2.29. The fourth-order valence-electron chi connectivity index (χ4n) is 3.34. The minimum absolute atomic E-state index is 0.0978. The average Bonchev–Trinajstić information content (AvgIpc) is 3.13. The van der Waals surface area contributed by atoms with Crippen LogP contribution in [0, 0.1) is 6.92 Å². The molecule has 0 bridgehead atoms. The maximum atomic E-state index is 10.2. The zero-order valence-corrected chi connectivity index (χ0v) is 13.5. The van der Waals surface area contributed by atoms with Crippen molar-refractivity contribution in [2.45, 2.75) is 38.8 Å². The van der Waals surface area contributed by atoms with E-state index in [0.717, 1.165) is 31.0 Å². The lowest BCUT2D eigenvalue weighted by molar-refractivity contribution is 0.120. The minimum atomic E-state index is -0.328. The van der Waals surface area contributed by atoms with Crippen LogP contribution in [0.1, 0.15) is 37.1 Å². The molecule has 4 nitrogen and oxygen atoms in total. The number of benzene rings is 1. The molecule has 1 saturated heterocycles. The molecule has 120 valence electrons. The number of aliphatic hydroxyl groups excluding tert-OH is 1. The molecule has 0 radical (unpaired) electrons. The standard InChI is InChI=1S/C18H26N2O2/c1-13-16-7-3-4-8-17(16)22-18(13)14(2)19-11-15(21)12-20-9-5-6-10-20/h3-4,7-8,14-15,19,21H,5-6,9-12H2,1-2H3. The van der Waals surface area contributed by atoms with Crippen LogP contribution in [0.25, 0.3) is 11.0 Å². The van der Waals surface area contributed by atoms with Gasteiger partial charge in [0.1, 0.15) is 11.3 Å². The first-order valence-corrected chi connectivity index (χ1v) is 8.27. The number of rotatable bonds is 6. The molecule has 1 aromatic heterocycles. The number of hydrogen-bond donors (Lipinski definition) is 2. The second kappa shape index (κ2) is 6.82. The third kappa shape index (κ3) is 3.35. The smallest absolute Gasteiger partial charge is 0.134 e. The summed E-state index contributed by atoms with van der Waals surface area (Å²) in [4.78, 5) is 2.34. The fraction of sp³-hybridized carbons (Fsp3) is 0.556. The number of furan rings is 1. The number of likely N-dealkylation sites (tertiary alicyclic amines) is 1. The predicted molar refractivity (Wildman–Crippen MR) is 89.0 cm³/mol. The number of nitrogens with one attached hydrogen (secondary N) is 1. The summed E-state index contributed by atoms with van der Waals surface area (Å²) in [5.74, 6) is 0.967. The SMILES string of the molecule is Cc1c(C(C)NCC(O)CN2CCCC2)oc2ccccc12. The van der Waals surface area contributed by atoms with Gasteiger partial charge in [-0.2, -0.15) is 0 Å². The molecule has 2 aromatic rings. The van der Waals surface area contributed by atoms with Crippen molar-refractivity contribution in [3.05, 3.63) is 35.6 Å². The normalized spacial score (nSPS) is 18.9. The molecule has 0 spiro atoms. The summed E-state index contributed by atoms with van der Waals surface area (Å²) in [6.07, 6.45) is 2.19. The van der Waals surface area contributed by atoms with E-state index < -0.39 is 0 Å². The van der Waals surface area contributed by atoms with E-state index >= 15 is 0 Å². The predicted octanol–water partition coefficient (Wildman–Crippen LogP) is 2.85. The molecule has 2 atom stereocenters. The number of nitrogens with zero attached hydrogens (tertiary/aromatic N) is 1. The van der Waals surface area contributed by atoms with E-state index in [1.54, 1.807) is 0 Å². The van der Waals surface area contributed by atoms with Crippen LogP contribution >= 0.6 is 0 Å². The number of hydrogen-bond acceptors (Lipinski definition) is 4. The van der Waals surface area contributed by atoms with Gasteiger partial charge in [0, 0.05) is 18.5 Å². The van der Waals surface area contributed by atoms with Gasteiger partial charge < -0.3 is 19.7 Å². The second-order valence-corrected chi connectivity index (χ2v) is 6.38. The van der Waals surface area contributed by atoms with Gasteiger partial charge in [-0.25, -0.2) is 0 Å². The lowest BCUT2D eigenvalue weighted by atomic mass is 10.1. The summed E-state index contributed by atoms with van der Waals surface area (Å²) in [6.45, 7) is 7.78. The van der Waals surface area contributed by atoms with Crippen molar-refractivity contribution in [1.29, 1.82) is 0 Å². The third-order valence-corrected chi connectivity index (χ3v) is 4.60. The molecule has 0 amide bonds. The quantitative estimate of drug-likeness (QED) is 0.861. The maximum Gasteiger partial charge on any atom is 0.134 e. The van der Waals surface area contributed by atoms with Gasteiger partial charge >= 0.3 is 0 Å². The molecule has 0 aliphatic carbocycles. The van der Waals surface area contributed by atoms with E-state index in [2.05, 4.69) is 30.1 Å². The maximum absolute atomic E-state index is 10.2. The molecule has 2 unspecified atom stereocenters. The lowest BCUT2D eigenvalue weighted by Crippen LogP contribution is -2.37. The lowest BCUT2D eigenvalue weighted by Gasteiger charge is -2.21. The fourth-order valence-corrected chi connectivity index (χ4v) is 3.34. The summed E-state index contributed by atoms with van der Waals surface area (Å²) < 4.78 is 5.97. The molecule has 1 aromatic carbocycles. The highest BCUT2D eigenvalue weighted by Gasteiger charge is 2.19. The molecule has 22 heavy (non-hydrogen) atoms. The summed E-state index contributed by atoms with van der Waals surface area (Å²) >= 11 is 0. The van der Waals surface area contributed by atoms with Crippen molar-refractivity contribution in [1.82, 2.24) is 10.2 Å². The first kappa shape index (κ1) is 15.5. The monoisotopic (exact) mass is 302 g/mol. The molecule has 1 aliphatic heterocycles. The van der Waals surface area contributed by atoms with Crippen molar-refractivity contribution in [3.63, 3.8) is 0 Å². The summed E-state index contributed by atoms with van der Waals surface area (Å²) in [7, 11) is 0. The van der Waals surface area contributed by atoms with Crippen molar-refractivity contribution < 1.29 is 9.52 Å². The Kier molecular flexibility index (Phi) is 4.81. The first-order chi connectivity index (χ1) is 10.6. The van der Waals surface area contributed by atoms with Crippen molar-refractivity contribution in [2.75, 3.05) is 26.2 Å². The van der Waals surface area contributed by atoms with E-state index in [9.17, 15) is 5.11 Å². The van der Waals surface area contributed by atoms with Crippen LogP contribution in [0.4, 0.5) is 0 Å². The van der Waals surface area contributed by atoms with Gasteiger partial charge in [-0.05, 0) is 51.4 Å². The Bertz CT molecular complexity index is 617. The molecular formula is C18H26N2O2. The van der Waals surface area contributed by atoms with Gasteiger partial charge in [-0.1, -0.05) is 18.2 Å². The van der Waals surface area contributed by atoms with Crippen molar-refractivity contribution in [3.8, 4) is 0 Å². The minimum Gasteiger partial charge on any atom is -0.459 e. The van der Waals surface area contributed by atoms with Crippen molar-refractivity contribution >= 4 is 11.0 Å². The Morgan fingerprint density at radius 3 is 2.73 bits per heavy atom. The van der Waals surface area contributed by atoms with Crippen molar-refractivity contribution in [2.24, 2.45) is 0 Å². The topological polar surface area (TPSA) is 48.6 Å². The number of β-amino-alcohol motifs (C(OH)–C–C–N with tert-alkyl or cyclic N) is 1. The van der Waals surface area contributed by atoms with Gasteiger partial charge in [0.05, 0.1) is 12.1 Å². The Hall–Kier alpha value is -1.36. The van der Waals surface area contributed by atoms with Gasteiger partial charge in [0.25, 0.3) is 0 Å². The van der Waals surface area contributed by atoms with E-state index in [1.807, 2.05) is 18.2 Å². The average molecular weight is 302 g/mol. The van der Waals surface area contributed by atoms with Crippen LogP contribution in [-0.2, 0) is 0 Å². The number of fused-ring (bicyclic) bond motifs is 1. The zero-order valence-electron chi connectivity index (χ0n) is 13.5. The molecule has 2 N–H and O–H groups in total. The Morgan fingerprint density at radius 1 is 1.27 bits per heavy atom. The molecule has 1 fully saturated rings. The van der Waals surface area contributed by atoms with Gasteiger partial charge in [0.2, 0.25) is 0 Å². The molecule has 2 heterocycles. The number of aliphatic hydroxyl groups is 1. The molecule has 3 rings (SSSR count). The van der Waals surface area contributed by atoms with Crippen LogP contribution in [0.2, 0.25) is 0 Å². The molecular weight excluding hydrogens is 276 g/mol. The van der Waals surface area contributed by atoms with Gasteiger partial charge in [-0.3, -0.25) is 0 Å². The summed E-state index contributed by atoms with van der Waals surface area (Å²) in [5.41, 5.74) is 2.12. The van der Waals surface area contributed by atoms with E-state index in [4.69, 9.17) is 4.42 Å². The molecule has 0 saturated carbocycles. The highest BCUT2D eigenvalue weighted by atomic mass is 16.3.